The van der Waals surface area contributed by atoms with E-state index in [4.69, 9.17) is 10.5 Å². The molecule has 0 aromatic heterocycles. The molecule has 1 aromatic rings. The Morgan fingerprint density at radius 3 is 2.55 bits per heavy atom. The molecule has 1 aromatic carbocycles. The summed E-state index contributed by atoms with van der Waals surface area (Å²) in [5.74, 6) is 1.18. The Bertz CT molecular complexity index is 400. The van der Waals surface area contributed by atoms with Crippen LogP contribution in [0.5, 0.6) is 5.75 Å². The van der Waals surface area contributed by atoms with Crippen LogP contribution in [0.3, 0.4) is 0 Å². The summed E-state index contributed by atoms with van der Waals surface area (Å²) >= 11 is 0. The lowest BCUT2D eigenvalue weighted by Gasteiger charge is -2.32. The van der Waals surface area contributed by atoms with E-state index in [1.165, 1.54) is 0 Å². The Hall–Kier alpha value is -1.55. The van der Waals surface area contributed by atoms with Gasteiger partial charge in [0.15, 0.2) is 0 Å². The van der Waals surface area contributed by atoms with E-state index >= 15 is 0 Å². The van der Waals surface area contributed by atoms with Crippen LogP contribution in [0.2, 0.25) is 0 Å². The molecule has 0 saturated carbocycles. The monoisotopic (exact) mass is 276 g/mol. The van der Waals surface area contributed by atoms with Gasteiger partial charge in [-0.1, -0.05) is 18.2 Å². The normalized spacial score (nSPS) is 16.1. The third-order valence-electron chi connectivity index (χ3n) is 3.69. The highest BCUT2D eigenvalue weighted by Gasteiger charge is 2.23. The number of rotatable bonds is 6. The number of unbranched alkanes of at least 4 members (excludes halogenated alkanes) is 1. The van der Waals surface area contributed by atoms with Crippen molar-refractivity contribution in [2.45, 2.75) is 38.2 Å². The van der Waals surface area contributed by atoms with E-state index in [-0.39, 0.29) is 12.0 Å². The second-order valence-corrected chi connectivity index (χ2v) is 5.26. The number of benzene rings is 1. The van der Waals surface area contributed by atoms with Gasteiger partial charge in [0.1, 0.15) is 11.9 Å². The molecule has 4 nitrogen and oxygen atoms in total. The summed E-state index contributed by atoms with van der Waals surface area (Å²) in [6.07, 6.45) is 4.51. The maximum absolute atomic E-state index is 12.0. The zero-order chi connectivity index (χ0) is 14.2. The fourth-order valence-corrected chi connectivity index (χ4v) is 2.49. The predicted molar refractivity (Wildman–Crippen MR) is 79.6 cm³/mol. The van der Waals surface area contributed by atoms with Gasteiger partial charge in [-0.3, -0.25) is 4.79 Å². The van der Waals surface area contributed by atoms with Gasteiger partial charge in [-0.2, -0.15) is 0 Å². The first-order valence-electron chi connectivity index (χ1n) is 7.49. The molecule has 2 rings (SSSR count). The molecular weight excluding hydrogens is 252 g/mol. The fraction of sp³-hybridized carbons (Fsp3) is 0.562. The molecule has 4 heteroatoms. The molecule has 1 heterocycles. The standard InChI is InChI=1S/C16H24N2O2/c17-11-5-4-8-16(19)18-12-9-15(10-13-18)20-14-6-2-1-3-7-14/h1-3,6-7,15H,4-5,8-13,17H2. The average Bonchev–Trinajstić information content (AvgIpc) is 2.49. The van der Waals surface area contributed by atoms with Crippen molar-refractivity contribution in [2.75, 3.05) is 19.6 Å². The van der Waals surface area contributed by atoms with Crippen molar-refractivity contribution in [3.05, 3.63) is 30.3 Å². The molecule has 1 aliphatic rings. The van der Waals surface area contributed by atoms with Gasteiger partial charge in [0.2, 0.25) is 5.91 Å². The number of likely N-dealkylation sites (tertiary alicyclic amines) is 1. The first-order chi connectivity index (χ1) is 9.79. The van der Waals surface area contributed by atoms with Crippen molar-refractivity contribution < 1.29 is 9.53 Å². The van der Waals surface area contributed by atoms with E-state index < -0.39 is 0 Å². The molecule has 1 amide bonds. The topological polar surface area (TPSA) is 55.6 Å². The largest absolute Gasteiger partial charge is 0.490 e. The van der Waals surface area contributed by atoms with Crippen LogP contribution in [-0.4, -0.2) is 36.5 Å². The number of ether oxygens (including phenoxy) is 1. The second-order valence-electron chi connectivity index (χ2n) is 5.26. The molecule has 0 spiro atoms. The number of para-hydroxylation sites is 1. The number of nitrogens with two attached hydrogens (primary N) is 1. The molecule has 1 aliphatic heterocycles. The Labute approximate surface area is 120 Å². The minimum absolute atomic E-state index is 0.227. The highest BCUT2D eigenvalue weighted by molar-refractivity contribution is 5.76. The maximum atomic E-state index is 12.0. The van der Waals surface area contributed by atoms with Crippen LogP contribution < -0.4 is 10.5 Å². The number of carbonyl (C=O) groups excluding carboxylic acids is 1. The van der Waals surface area contributed by atoms with E-state index in [1.54, 1.807) is 0 Å². The van der Waals surface area contributed by atoms with Crippen LogP contribution in [-0.2, 0) is 4.79 Å². The summed E-state index contributed by atoms with van der Waals surface area (Å²) in [4.78, 5) is 13.9. The van der Waals surface area contributed by atoms with Gasteiger partial charge in [-0.05, 0) is 31.5 Å². The van der Waals surface area contributed by atoms with Gasteiger partial charge in [0.25, 0.3) is 0 Å². The predicted octanol–water partition coefficient (Wildman–Crippen LogP) is 2.19. The lowest BCUT2D eigenvalue weighted by atomic mass is 10.1. The SMILES string of the molecule is NCCCCC(=O)N1CCC(Oc2ccccc2)CC1. The van der Waals surface area contributed by atoms with Crippen LogP contribution >= 0.6 is 0 Å². The van der Waals surface area contributed by atoms with Gasteiger partial charge < -0.3 is 15.4 Å². The molecule has 2 N–H and O–H groups in total. The van der Waals surface area contributed by atoms with Gasteiger partial charge >= 0.3 is 0 Å². The molecular formula is C16H24N2O2. The molecule has 20 heavy (non-hydrogen) atoms. The second kappa shape index (κ2) is 7.90. The van der Waals surface area contributed by atoms with E-state index in [9.17, 15) is 4.79 Å². The van der Waals surface area contributed by atoms with Crippen LogP contribution in [0.1, 0.15) is 32.1 Å². The Kier molecular flexibility index (Phi) is 5.87. The zero-order valence-electron chi connectivity index (χ0n) is 12.0. The fourth-order valence-electron chi connectivity index (χ4n) is 2.49. The summed E-state index contributed by atoms with van der Waals surface area (Å²) in [5.41, 5.74) is 5.44. The smallest absolute Gasteiger partial charge is 0.222 e. The van der Waals surface area contributed by atoms with Gasteiger partial charge in [-0.25, -0.2) is 0 Å². The lowest BCUT2D eigenvalue weighted by Crippen LogP contribution is -2.41. The van der Waals surface area contributed by atoms with Gasteiger partial charge in [0, 0.05) is 32.4 Å². The van der Waals surface area contributed by atoms with E-state index in [0.717, 1.165) is 44.5 Å². The number of carbonyl (C=O) groups is 1. The average molecular weight is 276 g/mol. The zero-order valence-corrected chi connectivity index (χ0v) is 12.0. The summed E-state index contributed by atoms with van der Waals surface area (Å²) < 4.78 is 5.93. The third-order valence-corrected chi connectivity index (χ3v) is 3.69. The molecule has 0 bridgehead atoms. The van der Waals surface area contributed by atoms with Gasteiger partial charge in [-0.15, -0.1) is 0 Å². The summed E-state index contributed by atoms with van der Waals surface area (Å²) in [5, 5.41) is 0. The quantitative estimate of drug-likeness (QED) is 0.810. The number of hydrogen-bond donors (Lipinski definition) is 1. The first kappa shape index (κ1) is 14.9. The minimum Gasteiger partial charge on any atom is -0.490 e. The number of amides is 1. The van der Waals surface area contributed by atoms with E-state index in [1.807, 2.05) is 35.2 Å². The van der Waals surface area contributed by atoms with Crippen LogP contribution in [0.4, 0.5) is 0 Å². The highest BCUT2D eigenvalue weighted by atomic mass is 16.5. The molecule has 0 aliphatic carbocycles. The Morgan fingerprint density at radius 2 is 1.90 bits per heavy atom. The molecule has 0 radical (unpaired) electrons. The molecule has 1 fully saturated rings. The number of piperidine rings is 1. The lowest BCUT2D eigenvalue weighted by molar-refractivity contribution is -0.133. The highest BCUT2D eigenvalue weighted by Crippen LogP contribution is 2.19. The number of nitrogens with zero attached hydrogens (tertiary/aromatic N) is 1. The van der Waals surface area contributed by atoms with E-state index in [2.05, 4.69) is 0 Å². The van der Waals surface area contributed by atoms with Crippen molar-refractivity contribution >= 4 is 5.91 Å². The molecule has 0 atom stereocenters. The molecule has 110 valence electrons. The summed E-state index contributed by atoms with van der Waals surface area (Å²) in [7, 11) is 0. The van der Waals surface area contributed by atoms with Gasteiger partial charge in [0.05, 0.1) is 0 Å². The van der Waals surface area contributed by atoms with Crippen molar-refractivity contribution in [3.63, 3.8) is 0 Å². The number of hydrogen-bond acceptors (Lipinski definition) is 3. The van der Waals surface area contributed by atoms with Crippen LogP contribution in [0.15, 0.2) is 30.3 Å². The minimum atomic E-state index is 0.227. The summed E-state index contributed by atoms with van der Waals surface area (Å²) in [6.45, 7) is 2.28. The van der Waals surface area contributed by atoms with Crippen molar-refractivity contribution in [3.8, 4) is 5.75 Å². The summed E-state index contributed by atoms with van der Waals surface area (Å²) in [6, 6.07) is 9.89. The molecule has 1 saturated heterocycles. The Morgan fingerprint density at radius 1 is 1.20 bits per heavy atom. The Balaban J connectivity index is 1.71. The van der Waals surface area contributed by atoms with Crippen LogP contribution in [0.25, 0.3) is 0 Å². The first-order valence-corrected chi connectivity index (χ1v) is 7.49. The van der Waals surface area contributed by atoms with Crippen molar-refractivity contribution in [1.29, 1.82) is 0 Å². The molecule has 0 unspecified atom stereocenters. The van der Waals surface area contributed by atoms with Crippen LogP contribution in [0, 0.1) is 0 Å². The van der Waals surface area contributed by atoms with Crippen molar-refractivity contribution in [2.24, 2.45) is 5.73 Å². The maximum Gasteiger partial charge on any atom is 0.222 e. The van der Waals surface area contributed by atoms with Crippen molar-refractivity contribution in [1.82, 2.24) is 4.90 Å². The third kappa shape index (κ3) is 4.53. The van der Waals surface area contributed by atoms with E-state index in [0.29, 0.717) is 13.0 Å².